The first kappa shape index (κ1) is 17.7. The molecule has 6 heteroatoms. The molecule has 2 rings (SSSR count). The molecule has 0 aliphatic carbocycles. The lowest BCUT2D eigenvalue weighted by molar-refractivity contribution is 0.102. The zero-order valence-electron chi connectivity index (χ0n) is 12.3. The molecule has 2 aromatic carbocycles. The minimum absolute atomic E-state index is 0.206. The second kappa shape index (κ2) is 7.31. The Hall–Kier alpha value is -0.600. The van der Waals surface area contributed by atoms with Gasteiger partial charge in [-0.3, -0.25) is 4.79 Å². The maximum Gasteiger partial charge on any atom is 0.259 e. The molecule has 0 heterocycles. The second-order valence-electron chi connectivity index (χ2n) is 4.84. The predicted molar refractivity (Wildman–Crippen MR) is 105 cm³/mol. The minimum Gasteiger partial charge on any atom is -0.495 e. The molecule has 0 saturated carbocycles. The first-order valence-electron chi connectivity index (χ1n) is 6.44. The summed E-state index contributed by atoms with van der Waals surface area (Å²) < 4.78 is 8.04. The fourth-order valence-corrected chi connectivity index (χ4v) is 4.05. The molecule has 0 atom stereocenters. The summed E-state index contributed by atoms with van der Waals surface area (Å²) in [5.74, 6) is 0.308. The van der Waals surface area contributed by atoms with Gasteiger partial charge in [-0.1, -0.05) is 15.9 Å². The van der Waals surface area contributed by atoms with E-state index in [1.807, 2.05) is 26.0 Å². The van der Waals surface area contributed by atoms with Crippen molar-refractivity contribution in [1.29, 1.82) is 0 Å². The van der Waals surface area contributed by atoms with Gasteiger partial charge < -0.3 is 10.1 Å². The van der Waals surface area contributed by atoms with E-state index in [-0.39, 0.29) is 5.91 Å². The third-order valence-electron chi connectivity index (χ3n) is 3.21. The fraction of sp³-hybridized carbons (Fsp3) is 0.188. The molecule has 0 fully saturated rings. The summed E-state index contributed by atoms with van der Waals surface area (Å²) in [5.41, 5.74) is 3.43. The molecule has 0 aliphatic rings. The van der Waals surface area contributed by atoms with Crippen molar-refractivity contribution >= 4 is 66.0 Å². The predicted octanol–water partition coefficient (Wildman–Crippen LogP) is 5.69. The summed E-state index contributed by atoms with van der Waals surface area (Å²) >= 11 is 9.10. The number of hydrogen-bond donors (Lipinski definition) is 1. The van der Waals surface area contributed by atoms with Gasteiger partial charge in [-0.2, -0.15) is 0 Å². The van der Waals surface area contributed by atoms with Crippen LogP contribution in [-0.4, -0.2) is 13.0 Å². The van der Waals surface area contributed by atoms with Crippen molar-refractivity contribution in [3.63, 3.8) is 0 Å². The van der Waals surface area contributed by atoms with E-state index in [1.165, 1.54) is 3.57 Å². The van der Waals surface area contributed by atoms with Gasteiger partial charge in [0, 0.05) is 13.7 Å². The van der Waals surface area contributed by atoms with Crippen LogP contribution in [0.5, 0.6) is 5.75 Å². The zero-order valence-corrected chi connectivity index (χ0v) is 17.6. The summed E-state index contributed by atoms with van der Waals surface area (Å²) in [5, 5.41) is 2.96. The summed E-state index contributed by atoms with van der Waals surface area (Å²) in [6.45, 7) is 4.00. The Morgan fingerprint density at radius 2 is 1.82 bits per heavy atom. The summed E-state index contributed by atoms with van der Waals surface area (Å²) in [6, 6.07) is 7.62. The number of nitrogens with one attached hydrogen (secondary N) is 1. The average Bonchev–Trinajstić information content (AvgIpc) is 2.43. The van der Waals surface area contributed by atoms with Gasteiger partial charge in [0.25, 0.3) is 5.91 Å². The van der Waals surface area contributed by atoms with E-state index in [0.717, 1.165) is 25.8 Å². The van der Waals surface area contributed by atoms with Gasteiger partial charge in [0.05, 0.1) is 17.1 Å². The molecule has 1 amide bonds. The lowest BCUT2D eigenvalue weighted by atomic mass is 10.1. The van der Waals surface area contributed by atoms with Crippen molar-refractivity contribution in [3.8, 4) is 5.75 Å². The highest BCUT2D eigenvalue weighted by Gasteiger charge is 2.17. The zero-order chi connectivity index (χ0) is 16.4. The SMILES string of the molecule is COc1c(Br)cc(Br)cc1C(=O)Nc1cc(C)c(I)cc1C. The Balaban J connectivity index is 2.40. The maximum atomic E-state index is 12.6. The highest BCUT2D eigenvalue weighted by atomic mass is 127. The van der Waals surface area contributed by atoms with Gasteiger partial charge in [0.1, 0.15) is 5.75 Å². The van der Waals surface area contributed by atoms with Crippen molar-refractivity contribution in [2.45, 2.75) is 13.8 Å². The van der Waals surface area contributed by atoms with Crippen LogP contribution in [0, 0.1) is 17.4 Å². The van der Waals surface area contributed by atoms with Crippen molar-refractivity contribution < 1.29 is 9.53 Å². The van der Waals surface area contributed by atoms with Crippen LogP contribution < -0.4 is 10.1 Å². The van der Waals surface area contributed by atoms with Gasteiger partial charge in [0.2, 0.25) is 0 Å². The van der Waals surface area contributed by atoms with Gasteiger partial charge >= 0.3 is 0 Å². The Bertz CT molecular complexity index is 747. The highest BCUT2D eigenvalue weighted by Crippen LogP contribution is 2.33. The highest BCUT2D eigenvalue weighted by molar-refractivity contribution is 14.1. The normalized spacial score (nSPS) is 10.5. The number of anilines is 1. The number of benzene rings is 2. The molecule has 2 aromatic rings. The number of methoxy groups -OCH3 is 1. The number of hydrogen-bond acceptors (Lipinski definition) is 2. The Labute approximate surface area is 160 Å². The van der Waals surface area contributed by atoms with E-state index >= 15 is 0 Å². The van der Waals surface area contributed by atoms with E-state index < -0.39 is 0 Å². The number of amides is 1. The molecule has 0 bridgehead atoms. The molecule has 22 heavy (non-hydrogen) atoms. The summed E-state index contributed by atoms with van der Waals surface area (Å²) in [7, 11) is 1.55. The Morgan fingerprint density at radius 3 is 2.45 bits per heavy atom. The molecular weight excluding hydrogens is 525 g/mol. The van der Waals surface area contributed by atoms with Crippen LogP contribution in [0.25, 0.3) is 0 Å². The molecular formula is C16H14Br2INO2. The standard InChI is InChI=1S/C16H14Br2INO2/c1-8-5-14(9(2)4-13(8)19)20-16(21)11-6-10(17)7-12(18)15(11)22-3/h4-7H,1-3H3,(H,20,21). The quantitative estimate of drug-likeness (QED) is 0.510. The number of carbonyl (C=O) groups is 1. The van der Waals surface area contributed by atoms with Crippen LogP contribution >= 0.6 is 54.5 Å². The number of aryl methyl sites for hydroxylation is 2. The van der Waals surface area contributed by atoms with E-state index in [2.05, 4.69) is 65.8 Å². The lowest BCUT2D eigenvalue weighted by Gasteiger charge is -2.14. The lowest BCUT2D eigenvalue weighted by Crippen LogP contribution is -2.14. The molecule has 116 valence electrons. The minimum atomic E-state index is -0.206. The first-order valence-corrected chi connectivity index (χ1v) is 9.11. The number of ether oxygens (including phenoxy) is 1. The average molecular weight is 539 g/mol. The number of halogens is 3. The van der Waals surface area contributed by atoms with Gasteiger partial charge in [-0.05, 0) is 87.8 Å². The maximum absolute atomic E-state index is 12.6. The van der Waals surface area contributed by atoms with Crippen molar-refractivity contribution in [3.05, 3.63) is 53.5 Å². The topological polar surface area (TPSA) is 38.3 Å². The van der Waals surface area contributed by atoms with Crippen LogP contribution in [0.3, 0.4) is 0 Å². The van der Waals surface area contributed by atoms with Crippen LogP contribution in [0.1, 0.15) is 21.5 Å². The van der Waals surface area contributed by atoms with Crippen LogP contribution in [-0.2, 0) is 0 Å². The van der Waals surface area contributed by atoms with Crippen LogP contribution in [0.2, 0.25) is 0 Å². The molecule has 0 aromatic heterocycles. The molecule has 0 spiro atoms. The van der Waals surface area contributed by atoms with Crippen LogP contribution in [0.4, 0.5) is 5.69 Å². The number of rotatable bonds is 3. The van der Waals surface area contributed by atoms with Crippen molar-refractivity contribution in [1.82, 2.24) is 0 Å². The van der Waals surface area contributed by atoms with E-state index in [1.54, 1.807) is 13.2 Å². The van der Waals surface area contributed by atoms with Crippen LogP contribution in [0.15, 0.2) is 33.2 Å². The van der Waals surface area contributed by atoms with Crippen molar-refractivity contribution in [2.75, 3.05) is 12.4 Å². The summed E-state index contributed by atoms with van der Waals surface area (Å²) in [6.07, 6.45) is 0. The molecule has 3 nitrogen and oxygen atoms in total. The fourth-order valence-electron chi connectivity index (χ4n) is 2.04. The second-order valence-corrected chi connectivity index (χ2v) is 7.77. The van der Waals surface area contributed by atoms with E-state index in [4.69, 9.17) is 4.74 Å². The molecule has 0 unspecified atom stereocenters. The third-order valence-corrected chi connectivity index (χ3v) is 5.42. The number of carbonyl (C=O) groups excluding carboxylic acids is 1. The van der Waals surface area contributed by atoms with Gasteiger partial charge in [-0.25, -0.2) is 0 Å². The van der Waals surface area contributed by atoms with Gasteiger partial charge in [-0.15, -0.1) is 0 Å². The third kappa shape index (κ3) is 3.83. The Morgan fingerprint density at radius 1 is 1.14 bits per heavy atom. The monoisotopic (exact) mass is 537 g/mol. The molecule has 0 saturated heterocycles. The summed E-state index contributed by atoms with van der Waals surface area (Å²) in [4.78, 5) is 12.6. The first-order chi connectivity index (χ1) is 10.3. The molecule has 0 aliphatic heterocycles. The van der Waals surface area contributed by atoms with E-state index in [9.17, 15) is 4.79 Å². The molecule has 1 N–H and O–H groups in total. The van der Waals surface area contributed by atoms with Crippen molar-refractivity contribution in [2.24, 2.45) is 0 Å². The van der Waals surface area contributed by atoms with Gasteiger partial charge in [0.15, 0.2) is 0 Å². The molecule has 0 radical (unpaired) electrons. The Kier molecular flexibility index (Phi) is 5.90. The largest absolute Gasteiger partial charge is 0.495 e. The van der Waals surface area contributed by atoms with E-state index in [0.29, 0.717) is 11.3 Å². The smallest absolute Gasteiger partial charge is 0.259 e.